The third-order valence-electron chi connectivity index (χ3n) is 2.76. The molecule has 20 heavy (non-hydrogen) atoms. The topological polar surface area (TPSA) is 72.7 Å². The predicted molar refractivity (Wildman–Crippen MR) is 74.6 cm³/mol. The number of pyridine rings is 1. The predicted octanol–water partition coefficient (Wildman–Crippen LogP) is 2.11. The number of aromatic nitrogens is 2. The monoisotopic (exact) mass is 275 g/mol. The Balaban J connectivity index is 2.50. The van der Waals surface area contributed by atoms with Gasteiger partial charge >= 0.3 is 5.97 Å². The molecule has 0 unspecified atom stereocenters. The summed E-state index contributed by atoms with van der Waals surface area (Å²) < 4.78 is 6.63. The lowest BCUT2D eigenvalue weighted by atomic mass is 10.2. The summed E-state index contributed by atoms with van der Waals surface area (Å²) in [4.78, 5) is 28.0. The Morgan fingerprint density at radius 3 is 2.80 bits per heavy atom. The lowest BCUT2D eigenvalue weighted by Gasteiger charge is -2.09. The highest BCUT2D eigenvalue weighted by Gasteiger charge is 2.22. The minimum absolute atomic E-state index is 0.118. The number of imidazole rings is 1. The van der Waals surface area contributed by atoms with Gasteiger partial charge in [-0.25, -0.2) is 9.78 Å². The summed E-state index contributed by atoms with van der Waals surface area (Å²) in [5, 5.41) is 2.73. The molecule has 1 amide bonds. The van der Waals surface area contributed by atoms with Crippen molar-refractivity contribution in [2.24, 2.45) is 5.92 Å². The number of rotatable bonds is 4. The number of nitrogens with zero attached hydrogens (tertiary/aromatic N) is 2. The SMILES string of the molecule is CCOC(=O)c1nc2ccccn2c1NC(=O)C(C)C. The van der Waals surface area contributed by atoms with E-state index in [4.69, 9.17) is 4.74 Å². The number of carbonyl (C=O) groups excluding carboxylic acids is 2. The number of hydrogen-bond donors (Lipinski definition) is 1. The smallest absolute Gasteiger partial charge is 0.360 e. The molecular formula is C14H17N3O3. The Morgan fingerprint density at radius 1 is 1.40 bits per heavy atom. The van der Waals surface area contributed by atoms with Crippen molar-refractivity contribution in [3.05, 3.63) is 30.1 Å². The van der Waals surface area contributed by atoms with Gasteiger partial charge in [0.2, 0.25) is 5.91 Å². The number of carbonyl (C=O) groups is 2. The lowest BCUT2D eigenvalue weighted by Crippen LogP contribution is -2.21. The van der Waals surface area contributed by atoms with Gasteiger partial charge in [0.25, 0.3) is 0 Å². The molecule has 1 N–H and O–H groups in total. The maximum absolute atomic E-state index is 11.9. The first-order valence-electron chi connectivity index (χ1n) is 6.49. The molecule has 0 aliphatic rings. The minimum Gasteiger partial charge on any atom is -0.461 e. The normalized spacial score (nSPS) is 10.8. The Bertz CT molecular complexity index is 646. The molecule has 0 bridgehead atoms. The first-order chi connectivity index (χ1) is 9.54. The van der Waals surface area contributed by atoms with E-state index < -0.39 is 5.97 Å². The first-order valence-corrected chi connectivity index (χ1v) is 6.49. The van der Waals surface area contributed by atoms with Gasteiger partial charge in [0, 0.05) is 12.1 Å². The third kappa shape index (κ3) is 2.64. The van der Waals surface area contributed by atoms with Gasteiger partial charge in [0.15, 0.2) is 11.5 Å². The van der Waals surface area contributed by atoms with Gasteiger partial charge < -0.3 is 10.1 Å². The van der Waals surface area contributed by atoms with E-state index in [0.29, 0.717) is 11.5 Å². The van der Waals surface area contributed by atoms with E-state index in [2.05, 4.69) is 10.3 Å². The van der Waals surface area contributed by atoms with E-state index in [-0.39, 0.29) is 24.1 Å². The van der Waals surface area contributed by atoms with Gasteiger partial charge in [-0.1, -0.05) is 19.9 Å². The number of nitrogens with one attached hydrogen (secondary N) is 1. The van der Waals surface area contributed by atoms with Gasteiger partial charge in [-0.2, -0.15) is 0 Å². The van der Waals surface area contributed by atoms with Crippen LogP contribution in [0.5, 0.6) is 0 Å². The molecule has 0 fully saturated rings. The van der Waals surface area contributed by atoms with E-state index >= 15 is 0 Å². The summed E-state index contributed by atoms with van der Waals surface area (Å²) in [5.74, 6) is -0.575. The molecule has 6 nitrogen and oxygen atoms in total. The van der Waals surface area contributed by atoms with Crippen LogP contribution in [0.2, 0.25) is 0 Å². The summed E-state index contributed by atoms with van der Waals surface area (Å²) in [7, 11) is 0. The fraction of sp³-hybridized carbons (Fsp3) is 0.357. The highest BCUT2D eigenvalue weighted by atomic mass is 16.5. The zero-order chi connectivity index (χ0) is 14.7. The van der Waals surface area contributed by atoms with Crippen molar-refractivity contribution < 1.29 is 14.3 Å². The number of ether oxygens (including phenoxy) is 1. The van der Waals surface area contributed by atoms with Crippen LogP contribution in [-0.4, -0.2) is 27.9 Å². The standard InChI is InChI=1S/C14H17N3O3/c1-4-20-14(19)11-12(16-13(18)9(2)3)17-8-6-5-7-10(17)15-11/h5-9H,4H2,1-3H3,(H,16,18). The third-order valence-corrected chi connectivity index (χ3v) is 2.76. The Morgan fingerprint density at radius 2 is 2.15 bits per heavy atom. The number of amides is 1. The Kier molecular flexibility index (Phi) is 4.02. The molecule has 6 heteroatoms. The van der Waals surface area contributed by atoms with E-state index in [1.54, 1.807) is 43.5 Å². The fourth-order valence-corrected chi connectivity index (χ4v) is 1.72. The van der Waals surface area contributed by atoms with Crippen LogP contribution in [0, 0.1) is 5.92 Å². The van der Waals surface area contributed by atoms with Crippen LogP contribution in [-0.2, 0) is 9.53 Å². The highest BCUT2D eigenvalue weighted by Crippen LogP contribution is 2.20. The number of anilines is 1. The van der Waals surface area contributed by atoms with Crippen LogP contribution in [0.25, 0.3) is 5.65 Å². The summed E-state index contributed by atoms with van der Waals surface area (Å²) in [6, 6.07) is 5.37. The maximum atomic E-state index is 11.9. The minimum atomic E-state index is -0.546. The quantitative estimate of drug-likeness (QED) is 0.867. The molecule has 2 rings (SSSR count). The molecule has 0 atom stereocenters. The van der Waals surface area contributed by atoms with Crippen LogP contribution in [0.1, 0.15) is 31.3 Å². The molecule has 2 heterocycles. The van der Waals surface area contributed by atoms with Gasteiger partial charge in [-0.05, 0) is 19.1 Å². The van der Waals surface area contributed by atoms with Crippen molar-refractivity contribution in [1.82, 2.24) is 9.38 Å². The van der Waals surface area contributed by atoms with Crippen LogP contribution < -0.4 is 5.32 Å². The maximum Gasteiger partial charge on any atom is 0.360 e. The molecule has 0 aliphatic heterocycles. The van der Waals surface area contributed by atoms with E-state index in [9.17, 15) is 9.59 Å². The van der Waals surface area contributed by atoms with Crippen molar-refractivity contribution in [2.45, 2.75) is 20.8 Å². The molecule has 0 saturated heterocycles. The van der Waals surface area contributed by atoms with Crippen molar-refractivity contribution in [3.8, 4) is 0 Å². The summed E-state index contributed by atoms with van der Waals surface area (Å²) >= 11 is 0. The molecule has 0 aromatic carbocycles. The van der Waals surface area contributed by atoms with Gasteiger partial charge in [-0.3, -0.25) is 9.20 Å². The van der Waals surface area contributed by atoms with E-state index in [1.165, 1.54) is 0 Å². The largest absolute Gasteiger partial charge is 0.461 e. The molecule has 0 radical (unpaired) electrons. The molecule has 2 aromatic rings. The summed E-state index contributed by atoms with van der Waals surface area (Å²) in [5.41, 5.74) is 0.696. The molecular weight excluding hydrogens is 258 g/mol. The summed E-state index contributed by atoms with van der Waals surface area (Å²) in [6.45, 7) is 5.54. The van der Waals surface area contributed by atoms with Crippen molar-refractivity contribution >= 4 is 23.3 Å². The zero-order valence-electron chi connectivity index (χ0n) is 11.7. The molecule has 106 valence electrons. The van der Waals surface area contributed by atoms with Crippen LogP contribution in [0.15, 0.2) is 24.4 Å². The van der Waals surface area contributed by atoms with Gasteiger partial charge in [-0.15, -0.1) is 0 Å². The van der Waals surface area contributed by atoms with Crippen molar-refractivity contribution in [2.75, 3.05) is 11.9 Å². The summed E-state index contributed by atoms with van der Waals surface area (Å²) in [6.07, 6.45) is 1.74. The average Bonchev–Trinajstić information content (AvgIpc) is 2.78. The number of esters is 1. The molecule has 0 spiro atoms. The Hall–Kier alpha value is -2.37. The number of fused-ring (bicyclic) bond motifs is 1. The second-order valence-corrected chi connectivity index (χ2v) is 4.60. The lowest BCUT2D eigenvalue weighted by molar-refractivity contribution is -0.118. The van der Waals surface area contributed by atoms with E-state index in [1.807, 2.05) is 6.07 Å². The molecule has 2 aromatic heterocycles. The number of hydrogen-bond acceptors (Lipinski definition) is 4. The average molecular weight is 275 g/mol. The molecule has 0 aliphatic carbocycles. The first kappa shape index (κ1) is 14.0. The van der Waals surface area contributed by atoms with E-state index in [0.717, 1.165) is 0 Å². The molecule has 0 saturated carbocycles. The second kappa shape index (κ2) is 5.73. The van der Waals surface area contributed by atoms with Crippen LogP contribution in [0.3, 0.4) is 0 Å². The van der Waals surface area contributed by atoms with Gasteiger partial charge in [0.05, 0.1) is 6.61 Å². The zero-order valence-corrected chi connectivity index (χ0v) is 11.7. The second-order valence-electron chi connectivity index (χ2n) is 4.60. The highest BCUT2D eigenvalue weighted by molar-refractivity contribution is 6.00. The van der Waals surface area contributed by atoms with Crippen molar-refractivity contribution in [3.63, 3.8) is 0 Å². The fourth-order valence-electron chi connectivity index (χ4n) is 1.72. The van der Waals surface area contributed by atoms with Crippen LogP contribution >= 0.6 is 0 Å². The van der Waals surface area contributed by atoms with Crippen LogP contribution in [0.4, 0.5) is 5.82 Å². The van der Waals surface area contributed by atoms with Gasteiger partial charge in [0.1, 0.15) is 5.65 Å². The van der Waals surface area contributed by atoms with Crippen molar-refractivity contribution in [1.29, 1.82) is 0 Å². The Labute approximate surface area is 116 Å².